The molecule has 0 atom stereocenters. The van der Waals surface area contributed by atoms with E-state index in [-0.39, 0.29) is 22.6 Å². The molecule has 41 heavy (non-hydrogen) atoms. The van der Waals surface area contributed by atoms with Gasteiger partial charge in [0, 0.05) is 16.7 Å². The van der Waals surface area contributed by atoms with Crippen LogP contribution in [0.3, 0.4) is 0 Å². The second kappa shape index (κ2) is 11.7. The summed E-state index contributed by atoms with van der Waals surface area (Å²) in [4.78, 5) is 32.7. The summed E-state index contributed by atoms with van der Waals surface area (Å²) in [6, 6.07) is 23.4. The second-order valence-electron chi connectivity index (χ2n) is 10.9. The van der Waals surface area contributed by atoms with Gasteiger partial charge in [0.05, 0.1) is 35.7 Å². The van der Waals surface area contributed by atoms with Gasteiger partial charge in [0.15, 0.2) is 5.16 Å². The summed E-state index contributed by atoms with van der Waals surface area (Å²) in [5.74, 6) is 0.424. The molecule has 1 aromatic heterocycles. The van der Waals surface area contributed by atoms with Crippen LogP contribution >= 0.6 is 23.4 Å². The summed E-state index contributed by atoms with van der Waals surface area (Å²) in [5.41, 5.74) is 5.33. The van der Waals surface area contributed by atoms with E-state index in [1.165, 1.54) is 23.7 Å². The third-order valence-electron chi connectivity index (χ3n) is 8.23. The summed E-state index contributed by atoms with van der Waals surface area (Å²) in [5, 5.41) is 3.86. The Kier molecular flexibility index (Phi) is 7.91. The van der Waals surface area contributed by atoms with Gasteiger partial charge in [-0.05, 0) is 48.6 Å². The average Bonchev–Trinajstić information content (AvgIpc) is 2.98. The average molecular weight is 586 g/mol. The van der Waals surface area contributed by atoms with Crippen molar-refractivity contribution in [2.24, 2.45) is 0 Å². The summed E-state index contributed by atoms with van der Waals surface area (Å²) in [6.07, 6.45) is 6.30. The summed E-state index contributed by atoms with van der Waals surface area (Å²) >= 11 is 7.53. The number of nitrogens with zero attached hydrogens (tertiary/aromatic N) is 2. The molecule has 1 saturated carbocycles. The number of halogens is 1. The zero-order chi connectivity index (χ0) is 28.4. The summed E-state index contributed by atoms with van der Waals surface area (Å²) in [6.45, 7) is 0.399. The first-order valence-electron chi connectivity index (χ1n) is 14.0. The van der Waals surface area contributed by atoms with Crippen LogP contribution in [0.25, 0.3) is 11.3 Å². The standard InChI is InChI=1S/C33H32ClN3O3S/c1-40-27-15-14-24(18-26(27)34)35-28(38)21-41-32-36-30-25-13-7-6-12-23(25)19-33(16-8-3-9-17-33)29(30)31(39)37(32)20-22-10-4-2-5-11-22/h2,4-7,10-15,18H,3,8-9,16-17,19-21H2,1H3,(H,35,38). The van der Waals surface area contributed by atoms with Crippen molar-refractivity contribution in [1.82, 2.24) is 9.55 Å². The summed E-state index contributed by atoms with van der Waals surface area (Å²) in [7, 11) is 1.55. The van der Waals surface area contributed by atoms with E-state index in [0.717, 1.165) is 54.5 Å². The number of hydrogen-bond acceptors (Lipinski definition) is 5. The van der Waals surface area contributed by atoms with Crippen molar-refractivity contribution in [3.63, 3.8) is 0 Å². The molecule has 1 N–H and O–H groups in total. The maximum Gasteiger partial charge on any atom is 0.258 e. The van der Waals surface area contributed by atoms with Crippen LogP contribution in [0.5, 0.6) is 5.75 Å². The Morgan fingerprint density at radius 2 is 1.80 bits per heavy atom. The number of benzene rings is 3. The van der Waals surface area contributed by atoms with Gasteiger partial charge in [-0.25, -0.2) is 4.98 Å². The van der Waals surface area contributed by atoms with E-state index in [4.69, 9.17) is 21.3 Å². The maximum absolute atomic E-state index is 14.5. The fourth-order valence-corrected chi connectivity index (χ4v) is 7.36. The normalized spacial score (nSPS) is 15.2. The minimum atomic E-state index is -0.210. The minimum absolute atomic E-state index is 0.0140. The SMILES string of the molecule is COc1ccc(NC(=O)CSc2nc3c(c(=O)n2Cc2ccccc2)C2(CCCCC2)Cc2ccccc2-3)cc1Cl. The quantitative estimate of drug-likeness (QED) is 0.185. The molecular formula is C33H32ClN3O3S. The molecule has 1 spiro atoms. The Labute approximate surface area is 249 Å². The number of aromatic nitrogens is 2. The number of rotatable bonds is 7. The zero-order valence-electron chi connectivity index (χ0n) is 23.0. The number of nitrogens with one attached hydrogen (secondary N) is 1. The predicted octanol–water partition coefficient (Wildman–Crippen LogP) is 7.11. The Morgan fingerprint density at radius 1 is 1.05 bits per heavy atom. The predicted molar refractivity (Wildman–Crippen MR) is 165 cm³/mol. The van der Waals surface area contributed by atoms with E-state index in [2.05, 4.69) is 23.5 Å². The highest BCUT2D eigenvalue weighted by molar-refractivity contribution is 7.99. The van der Waals surface area contributed by atoms with E-state index in [1.807, 2.05) is 36.4 Å². The van der Waals surface area contributed by atoms with Crippen LogP contribution in [0.4, 0.5) is 5.69 Å². The number of amides is 1. The molecule has 210 valence electrons. The monoisotopic (exact) mass is 585 g/mol. The number of thioether (sulfide) groups is 1. The van der Waals surface area contributed by atoms with Crippen LogP contribution in [0.1, 0.15) is 48.8 Å². The Hall–Kier alpha value is -3.55. The first-order valence-corrected chi connectivity index (χ1v) is 15.4. The van der Waals surface area contributed by atoms with Gasteiger partial charge in [-0.1, -0.05) is 97.2 Å². The van der Waals surface area contributed by atoms with Crippen LogP contribution in [0, 0.1) is 0 Å². The number of hydrogen-bond donors (Lipinski definition) is 1. The minimum Gasteiger partial charge on any atom is -0.495 e. The molecule has 0 saturated heterocycles. The van der Waals surface area contributed by atoms with Gasteiger partial charge in [-0.3, -0.25) is 14.2 Å². The van der Waals surface area contributed by atoms with Crippen molar-refractivity contribution in [3.8, 4) is 17.0 Å². The first-order chi connectivity index (χ1) is 20.0. The number of ether oxygens (including phenoxy) is 1. The third-order valence-corrected chi connectivity index (χ3v) is 9.50. The van der Waals surface area contributed by atoms with Crippen molar-refractivity contribution < 1.29 is 9.53 Å². The molecule has 0 bridgehead atoms. The van der Waals surface area contributed by atoms with Gasteiger partial charge in [-0.15, -0.1) is 0 Å². The van der Waals surface area contributed by atoms with Crippen molar-refractivity contribution in [3.05, 3.63) is 105 Å². The van der Waals surface area contributed by atoms with Crippen LogP contribution < -0.4 is 15.6 Å². The van der Waals surface area contributed by atoms with Gasteiger partial charge in [-0.2, -0.15) is 0 Å². The fourth-order valence-electron chi connectivity index (χ4n) is 6.31. The highest BCUT2D eigenvalue weighted by Crippen LogP contribution is 2.48. The molecule has 6 nitrogen and oxygen atoms in total. The van der Waals surface area contributed by atoms with E-state index in [1.54, 1.807) is 29.9 Å². The topological polar surface area (TPSA) is 73.2 Å². The highest BCUT2D eigenvalue weighted by Gasteiger charge is 2.43. The molecule has 2 aliphatic carbocycles. The molecule has 4 aromatic rings. The van der Waals surface area contributed by atoms with E-state index < -0.39 is 0 Å². The van der Waals surface area contributed by atoms with Gasteiger partial charge in [0.25, 0.3) is 5.56 Å². The number of fused-ring (bicyclic) bond motifs is 4. The molecular weight excluding hydrogens is 554 g/mol. The largest absolute Gasteiger partial charge is 0.495 e. The Morgan fingerprint density at radius 3 is 2.56 bits per heavy atom. The second-order valence-corrected chi connectivity index (χ2v) is 12.2. The molecule has 3 aromatic carbocycles. The van der Waals surface area contributed by atoms with Crippen molar-refractivity contribution in [2.45, 2.75) is 55.6 Å². The Bertz CT molecular complexity index is 1650. The molecule has 0 radical (unpaired) electrons. The zero-order valence-corrected chi connectivity index (χ0v) is 24.6. The lowest BCUT2D eigenvalue weighted by molar-refractivity contribution is -0.113. The lowest BCUT2D eigenvalue weighted by atomic mass is 9.62. The molecule has 8 heteroatoms. The fraction of sp³-hybridized carbons (Fsp3) is 0.303. The number of anilines is 1. The molecule has 1 heterocycles. The lowest BCUT2D eigenvalue weighted by Gasteiger charge is -2.42. The van der Waals surface area contributed by atoms with Crippen LogP contribution in [0.2, 0.25) is 5.02 Å². The van der Waals surface area contributed by atoms with Gasteiger partial charge >= 0.3 is 0 Å². The van der Waals surface area contributed by atoms with E-state index in [0.29, 0.717) is 28.2 Å². The molecule has 1 amide bonds. The number of carbonyl (C=O) groups is 1. The van der Waals surface area contributed by atoms with Crippen LogP contribution in [-0.4, -0.2) is 28.3 Å². The van der Waals surface area contributed by atoms with E-state index >= 15 is 0 Å². The van der Waals surface area contributed by atoms with Gasteiger partial charge in [0.1, 0.15) is 5.75 Å². The van der Waals surface area contributed by atoms with Crippen LogP contribution in [-0.2, 0) is 23.2 Å². The van der Waals surface area contributed by atoms with Crippen LogP contribution in [0.15, 0.2) is 82.7 Å². The Balaban J connectivity index is 1.39. The lowest BCUT2D eigenvalue weighted by Crippen LogP contribution is -2.43. The maximum atomic E-state index is 14.5. The highest BCUT2D eigenvalue weighted by atomic mass is 35.5. The van der Waals surface area contributed by atoms with Crippen molar-refractivity contribution in [2.75, 3.05) is 18.2 Å². The molecule has 0 aliphatic heterocycles. The molecule has 0 unspecified atom stereocenters. The van der Waals surface area contributed by atoms with Crippen molar-refractivity contribution in [1.29, 1.82) is 0 Å². The van der Waals surface area contributed by atoms with E-state index in [9.17, 15) is 9.59 Å². The number of methoxy groups -OCH3 is 1. The molecule has 2 aliphatic rings. The number of carbonyl (C=O) groups excluding carboxylic acids is 1. The van der Waals surface area contributed by atoms with Gasteiger partial charge in [0.2, 0.25) is 5.91 Å². The molecule has 1 fully saturated rings. The van der Waals surface area contributed by atoms with Crippen molar-refractivity contribution >= 4 is 35.0 Å². The third kappa shape index (κ3) is 5.53. The summed E-state index contributed by atoms with van der Waals surface area (Å²) < 4.78 is 6.98. The van der Waals surface area contributed by atoms with Gasteiger partial charge < -0.3 is 10.1 Å². The first kappa shape index (κ1) is 27.6. The molecule has 6 rings (SSSR count). The smallest absolute Gasteiger partial charge is 0.258 e.